The minimum Gasteiger partial charge on any atom is -0.454 e. The van der Waals surface area contributed by atoms with E-state index in [2.05, 4.69) is 10.3 Å². The first-order chi connectivity index (χ1) is 10.7. The van der Waals surface area contributed by atoms with Crippen LogP contribution >= 0.6 is 0 Å². The Morgan fingerprint density at radius 3 is 2.73 bits per heavy atom. The smallest absolute Gasteiger partial charge is 0.231 e. The van der Waals surface area contributed by atoms with Gasteiger partial charge in [-0.3, -0.25) is 4.99 Å². The maximum atomic E-state index is 5.89. The number of nitrogens with two attached hydrogens (primary N) is 1. The lowest BCUT2D eigenvalue weighted by Gasteiger charge is -2.06. The van der Waals surface area contributed by atoms with Crippen LogP contribution in [0, 0.1) is 6.92 Å². The molecule has 1 aliphatic rings. The van der Waals surface area contributed by atoms with E-state index in [4.69, 9.17) is 15.2 Å². The lowest BCUT2D eigenvalue weighted by molar-refractivity contribution is 0.174. The Morgan fingerprint density at radius 2 is 1.91 bits per heavy atom. The van der Waals surface area contributed by atoms with Gasteiger partial charge >= 0.3 is 0 Å². The summed E-state index contributed by atoms with van der Waals surface area (Å²) in [5.74, 6) is 2.02. The normalized spacial score (nSPS) is 13.2. The molecule has 0 radical (unpaired) electrons. The number of nitrogens with zero attached hydrogens (tertiary/aromatic N) is 1. The molecule has 2 aromatic rings. The van der Waals surface area contributed by atoms with Crippen LogP contribution in [0.3, 0.4) is 0 Å². The molecule has 0 atom stereocenters. The molecular formula is C17H19N3O2. The Bertz CT molecular complexity index is 681. The molecule has 0 spiro atoms. The fourth-order valence-corrected chi connectivity index (χ4v) is 2.23. The summed E-state index contributed by atoms with van der Waals surface area (Å²) in [7, 11) is 0. The van der Waals surface area contributed by atoms with Gasteiger partial charge in [-0.25, -0.2) is 0 Å². The minimum atomic E-state index is 0.296. The van der Waals surface area contributed by atoms with Crippen LogP contribution in [0.4, 0.5) is 5.69 Å². The zero-order valence-electron chi connectivity index (χ0n) is 12.5. The highest BCUT2D eigenvalue weighted by Gasteiger charge is 2.12. The Labute approximate surface area is 129 Å². The van der Waals surface area contributed by atoms with Gasteiger partial charge in [-0.15, -0.1) is 0 Å². The van der Waals surface area contributed by atoms with E-state index in [1.165, 1.54) is 5.56 Å². The summed E-state index contributed by atoms with van der Waals surface area (Å²) in [4.78, 5) is 4.34. The SMILES string of the molecule is Cc1ccc(NC(N)=NCCc2ccc3c(c2)OCO3)cc1. The molecule has 114 valence electrons. The van der Waals surface area contributed by atoms with Gasteiger partial charge in [-0.2, -0.15) is 0 Å². The standard InChI is InChI=1S/C17H19N3O2/c1-12-2-5-14(6-3-12)20-17(18)19-9-8-13-4-7-15-16(10-13)22-11-21-15/h2-7,10H,8-9,11H2,1H3,(H3,18,19,20). The summed E-state index contributed by atoms with van der Waals surface area (Å²) in [6.07, 6.45) is 0.799. The molecule has 2 aromatic carbocycles. The van der Waals surface area contributed by atoms with Crippen LogP contribution in [0.5, 0.6) is 11.5 Å². The predicted octanol–water partition coefficient (Wildman–Crippen LogP) is 2.69. The van der Waals surface area contributed by atoms with Crippen molar-refractivity contribution in [1.29, 1.82) is 0 Å². The lowest BCUT2D eigenvalue weighted by Crippen LogP contribution is -2.23. The maximum Gasteiger partial charge on any atom is 0.231 e. The second kappa shape index (κ2) is 6.39. The molecule has 22 heavy (non-hydrogen) atoms. The summed E-state index contributed by atoms with van der Waals surface area (Å²) in [6.45, 7) is 2.96. The number of hydrogen-bond acceptors (Lipinski definition) is 3. The highest BCUT2D eigenvalue weighted by Crippen LogP contribution is 2.32. The number of aliphatic imine (C=N–C) groups is 1. The third-order valence-electron chi connectivity index (χ3n) is 3.44. The molecule has 1 heterocycles. The molecule has 0 amide bonds. The van der Waals surface area contributed by atoms with E-state index in [1.54, 1.807) is 0 Å². The van der Waals surface area contributed by atoms with Gasteiger partial charge in [0.15, 0.2) is 17.5 Å². The first-order valence-corrected chi connectivity index (χ1v) is 7.23. The van der Waals surface area contributed by atoms with Gasteiger partial charge in [0.05, 0.1) is 0 Å². The fraction of sp³-hybridized carbons (Fsp3) is 0.235. The van der Waals surface area contributed by atoms with E-state index < -0.39 is 0 Å². The number of aryl methyl sites for hydroxylation is 1. The van der Waals surface area contributed by atoms with Gasteiger partial charge < -0.3 is 20.5 Å². The zero-order chi connectivity index (χ0) is 15.4. The Morgan fingerprint density at radius 1 is 1.14 bits per heavy atom. The van der Waals surface area contributed by atoms with Crippen molar-refractivity contribution in [3.8, 4) is 11.5 Å². The summed E-state index contributed by atoms with van der Waals surface area (Å²) in [5.41, 5.74) is 9.19. The third kappa shape index (κ3) is 3.49. The van der Waals surface area contributed by atoms with Crippen molar-refractivity contribution >= 4 is 11.6 Å². The van der Waals surface area contributed by atoms with E-state index >= 15 is 0 Å². The molecule has 3 rings (SSSR count). The topological polar surface area (TPSA) is 68.9 Å². The zero-order valence-corrected chi connectivity index (χ0v) is 12.5. The van der Waals surface area contributed by atoms with Crippen molar-refractivity contribution in [2.75, 3.05) is 18.7 Å². The van der Waals surface area contributed by atoms with Gasteiger partial charge in [-0.1, -0.05) is 23.8 Å². The van der Waals surface area contributed by atoms with Crippen LogP contribution < -0.4 is 20.5 Å². The first-order valence-electron chi connectivity index (χ1n) is 7.23. The van der Waals surface area contributed by atoms with E-state index in [-0.39, 0.29) is 0 Å². The van der Waals surface area contributed by atoms with Crippen molar-refractivity contribution in [3.05, 3.63) is 53.6 Å². The molecule has 3 N–H and O–H groups in total. The van der Waals surface area contributed by atoms with Crippen molar-refractivity contribution in [2.24, 2.45) is 10.7 Å². The number of hydrogen-bond donors (Lipinski definition) is 2. The molecule has 0 saturated carbocycles. The van der Waals surface area contributed by atoms with Crippen LogP contribution in [0.2, 0.25) is 0 Å². The van der Waals surface area contributed by atoms with E-state index in [0.717, 1.165) is 29.2 Å². The molecule has 5 heteroatoms. The quantitative estimate of drug-likeness (QED) is 0.672. The van der Waals surface area contributed by atoms with Gasteiger partial charge in [0.25, 0.3) is 0 Å². The number of guanidine groups is 1. The second-order valence-corrected chi connectivity index (χ2v) is 5.20. The molecule has 0 unspecified atom stereocenters. The number of rotatable bonds is 4. The molecule has 0 aliphatic carbocycles. The summed E-state index contributed by atoms with van der Waals surface area (Å²) in [5, 5.41) is 3.08. The van der Waals surface area contributed by atoms with E-state index in [1.807, 2.05) is 49.4 Å². The van der Waals surface area contributed by atoms with Crippen molar-refractivity contribution < 1.29 is 9.47 Å². The van der Waals surface area contributed by atoms with Crippen molar-refractivity contribution in [1.82, 2.24) is 0 Å². The molecule has 0 fully saturated rings. The predicted molar refractivity (Wildman–Crippen MR) is 87.6 cm³/mol. The van der Waals surface area contributed by atoms with Crippen LogP contribution in [-0.2, 0) is 6.42 Å². The average molecular weight is 297 g/mol. The Balaban J connectivity index is 1.54. The molecule has 0 bridgehead atoms. The van der Waals surface area contributed by atoms with Crippen LogP contribution in [0.15, 0.2) is 47.5 Å². The lowest BCUT2D eigenvalue weighted by atomic mass is 10.1. The maximum absolute atomic E-state index is 5.89. The summed E-state index contributed by atoms with van der Waals surface area (Å²) < 4.78 is 10.7. The van der Waals surface area contributed by atoms with Crippen molar-refractivity contribution in [2.45, 2.75) is 13.3 Å². The van der Waals surface area contributed by atoms with Crippen LogP contribution in [0.1, 0.15) is 11.1 Å². The van der Waals surface area contributed by atoms with E-state index in [9.17, 15) is 0 Å². The largest absolute Gasteiger partial charge is 0.454 e. The number of anilines is 1. The van der Waals surface area contributed by atoms with Gasteiger partial charge in [-0.05, 0) is 43.2 Å². The van der Waals surface area contributed by atoms with Crippen LogP contribution in [0.25, 0.3) is 0 Å². The minimum absolute atomic E-state index is 0.296. The molecule has 0 aromatic heterocycles. The second-order valence-electron chi connectivity index (χ2n) is 5.20. The molecule has 0 saturated heterocycles. The molecule has 5 nitrogen and oxygen atoms in total. The highest BCUT2D eigenvalue weighted by molar-refractivity contribution is 5.92. The highest BCUT2D eigenvalue weighted by atomic mass is 16.7. The van der Waals surface area contributed by atoms with E-state index in [0.29, 0.717) is 19.3 Å². The first kappa shape index (κ1) is 14.3. The number of benzene rings is 2. The van der Waals surface area contributed by atoms with Gasteiger partial charge in [0.1, 0.15) is 0 Å². The average Bonchev–Trinajstić information content (AvgIpc) is 2.97. The number of ether oxygens (including phenoxy) is 2. The monoisotopic (exact) mass is 297 g/mol. The van der Waals surface area contributed by atoms with Gasteiger partial charge in [0, 0.05) is 12.2 Å². The molecule has 1 aliphatic heterocycles. The Hall–Kier alpha value is -2.69. The summed E-state index contributed by atoms with van der Waals surface area (Å²) in [6, 6.07) is 14.0. The third-order valence-corrected chi connectivity index (χ3v) is 3.44. The summed E-state index contributed by atoms with van der Waals surface area (Å²) >= 11 is 0. The Kier molecular flexibility index (Phi) is 4.14. The fourth-order valence-electron chi connectivity index (χ4n) is 2.23. The molecular weight excluding hydrogens is 278 g/mol. The van der Waals surface area contributed by atoms with Crippen molar-refractivity contribution in [3.63, 3.8) is 0 Å². The number of nitrogens with one attached hydrogen (secondary N) is 1. The number of fused-ring (bicyclic) bond motifs is 1. The van der Waals surface area contributed by atoms with Crippen LogP contribution in [-0.4, -0.2) is 19.3 Å². The van der Waals surface area contributed by atoms with Gasteiger partial charge in [0.2, 0.25) is 6.79 Å².